The molecule has 12 heteroatoms. The molecule has 3 amide bonds. The van der Waals surface area contributed by atoms with Crippen LogP contribution in [0.5, 0.6) is 0 Å². The van der Waals surface area contributed by atoms with Crippen LogP contribution >= 0.6 is 0 Å². The Bertz CT molecular complexity index is 1460. The van der Waals surface area contributed by atoms with Gasteiger partial charge in [0, 0.05) is 53.9 Å². The quantitative estimate of drug-likeness (QED) is 0.478. The van der Waals surface area contributed by atoms with E-state index in [4.69, 9.17) is 0 Å². The molecule has 4 aromatic heterocycles. The maximum Gasteiger partial charge on any atom is 0.406 e. The molecule has 1 saturated heterocycles. The average Bonchev–Trinajstić information content (AvgIpc) is 3.26. The van der Waals surface area contributed by atoms with Crippen molar-refractivity contribution in [2.75, 3.05) is 6.54 Å². The zero-order valence-electron chi connectivity index (χ0n) is 17.6. The summed E-state index contributed by atoms with van der Waals surface area (Å²) in [5.74, 6) is -1.02. The second kappa shape index (κ2) is 7.27. The van der Waals surface area contributed by atoms with Crippen LogP contribution in [0.4, 0.5) is 18.0 Å². The number of urea groups is 1. The number of pyridine rings is 1. The van der Waals surface area contributed by atoms with E-state index in [0.717, 1.165) is 12.0 Å². The molecule has 0 aromatic carbocycles. The number of nitrogens with one attached hydrogen (secondary N) is 2. The number of imide groups is 1. The number of hydrogen-bond acceptors (Lipinski definition) is 5. The van der Waals surface area contributed by atoms with Crippen molar-refractivity contribution in [3.8, 4) is 0 Å². The first-order valence-electron chi connectivity index (χ1n) is 10.7. The van der Waals surface area contributed by atoms with Gasteiger partial charge in [0.2, 0.25) is 5.91 Å². The Morgan fingerprint density at radius 1 is 1.09 bits per heavy atom. The standard InChI is InChI=1S/C22H18F3N7O2/c23-22(24,25)10-31-3-1-11-8-27-16(7-18(11)31)13-5-12(13)14-6-17(30-32-4-2-26-19(14)32)15-9-28-21(34)29-20(15)33/h1-4,6-8,12-13,15H,5,9-10H2,(H2,28,29,33,34)/t12-,13-,15?/m0/s1. The van der Waals surface area contributed by atoms with Gasteiger partial charge in [0.05, 0.1) is 17.1 Å². The van der Waals surface area contributed by atoms with Crippen molar-refractivity contribution in [3.05, 3.63) is 59.9 Å². The van der Waals surface area contributed by atoms with Crippen LogP contribution in [0.2, 0.25) is 0 Å². The minimum Gasteiger partial charge on any atom is -0.338 e. The van der Waals surface area contributed by atoms with E-state index in [1.807, 2.05) is 6.07 Å². The van der Waals surface area contributed by atoms with Crippen molar-refractivity contribution in [2.24, 2.45) is 0 Å². The fraction of sp³-hybridized carbons (Fsp3) is 0.318. The first kappa shape index (κ1) is 20.6. The number of nitrogens with zero attached hydrogens (tertiary/aromatic N) is 5. The highest BCUT2D eigenvalue weighted by atomic mass is 19.4. The lowest BCUT2D eigenvalue weighted by Crippen LogP contribution is -2.51. The van der Waals surface area contributed by atoms with Gasteiger partial charge >= 0.3 is 12.2 Å². The summed E-state index contributed by atoms with van der Waals surface area (Å²) >= 11 is 0. The van der Waals surface area contributed by atoms with Gasteiger partial charge in [-0.15, -0.1) is 0 Å². The number of amides is 3. The average molecular weight is 469 g/mol. The third kappa shape index (κ3) is 3.55. The molecule has 5 heterocycles. The molecule has 0 radical (unpaired) electrons. The molecule has 34 heavy (non-hydrogen) atoms. The van der Waals surface area contributed by atoms with E-state index in [1.54, 1.807) is 35.2 Å². The molecule has 1 aliphatic carbocycles. The molecule has 9 nitrogen and oxygen atoms in total. The topological polar surface area (TPSA) is 106 Å². The van der Waals surface area contributed by atoms with E-state index in [1.165, 1.54) is 10.8 Å². The third-order valence-electron chi connectivity index (χ3n) is 6.38. The number of carbonyl (C=O) groups is 2. The molecule has 4 aromatic rings. The van der Waals surface area contributed by atoms with Crippen LogP contribution in [0.3, 0.4) is 0 Å². The van der Waals surface area contributed by atoms with Gasteiger partial charge < -0.3 is 9.88 Å². The van der Waals surface area contributed by atoms with Crippen molar-refractivity contribution < 1.29 is 22.8 Å². The molecule has 174 valence electrons. The number of fused-ring (bicyclic) bond motifs is 2. The highest BCUT2D eigenvalue weighted by Gasteiger charge is 2.43. The van der Waals surface area contributed by atoms with E-state index in [9.17, 15) is 22.8 Å². The molecule has 6 rings (SSSR count). The van der Waals surface area contributed by atoms with Crippen molar-refractivity contribution >= 4 is 28.5 Å². The number of halogens is 3. The number of aromatic nitrogens is 5. The number of rotatable bonds is 4. The van der Waals surface area contributed by atoms with Crippen LogP contribution in [0.25, 0.3) is 16.6 Å². The Morgan fingerprint density at radius 3 is 2.74 bits per heavy atom. The number of alkyl halides is 3. The molecule has 0 spiro atoms. The predicted molar refractivity (Wildman–Crippen MR) is 113 cm³/mol. The summed E-state index contributed by atoms with van der Waals surface area (Å²) in [5.41, 5.74) is 3.25. The van der Waals surface area contributed by atoms with Gasteiger partial charge in [0.25, 0.3) is 0 Å². The first-order chi connectivity index (χ1) is 16.3. The van der Waals surface area contributed by atoms with Gasteiger partial charge in [-0.1, -0.05) is 0 Å². The van der Waals surface area contributed by atoms with Gasteiger partial charge in [-0.3, -0.25) is 15.1 Å². The highest BCUT2D eigenvalue weighted by molar-refractivity contribution is 6.00. The van der Waals surface area contributed by atoms with Crippen LogP contribution in [0, 0.1) is 0 Å². The lowest BCUT2D eigenvalue weighted by atomic mass is 9.99. The molecule has 2 N–H and O–H groups in total. The van der Waals surface area contributed by atoms with Crippen LogP contribution in [-0.4, -0.2) is 48.8 Å². The van der Waals surface area contributed by atoms with Gasteiger partial charge in [0.1, 0.15) is 6.54 Å². The van der Waals surface area contributed by atoms with Gasteiger partial charge in [0.15, 0.2) is 5.65 Å². The van der Waals surface area contributed by atoms with Crippen LogP contribution in [0.1, 0.15) is 41.1 Å². The molecule has 2 aliphatic rings. The Balaban J connectivity index is 1.34. The normalized spacial score (nSPS) is 22.7. The van der Waals surface area contributed by atoms with Crippen molar-refractivity contribution in [2.45, 2.75) is 36.9 Å². The Morgan fingerprint density at radius 2 is 1.94 bits per heavy atom. The van der Waals surface area contributed by atoms with E-state index in [0.29, 0.717) is 27.9 Å². The summed E-state index contributed by atoms with van der Waals surface area (Å²) in [6, 6.07) is 4.64. The minimum absolute atomic E-state index is 0.00859. The van der Waals surface area contributed by atoms with Crippen molar-refractivity contribution in [3.63, 3.8) is 0 Å². The van der Waals surface area contributed by atoms with Crippen LogP contribution < -0.4 is 10.6 Å². The molecule has 0 bridgehead atoms. The SMILES string of the molecule is O=C1NCC(c2cc([C@H]3C[C@@H]3c3cc4c(ccn4CC(F)(F)F)cn3)c3nccn3n2)C(=O)N1. The van der Waals surface area contributed by atoms with E-state index in [2.05, 4.69) is 25.7 Å². The van der Waals surface area contributed by atoms with Gasteiger partial charge in [-0.25, -0.2) is 14.3 Å². The minimum atomic E-state index is -4.32. The lowest BCUT2D eigenvalue weighted by molar-refractivity contribution is -0.139. The predicted octanol–water partition coefficient (Wildman–Crippen LogP) is 2.84. The monoisotopic (exact) mass is 469 g/mol. The zero-order chi connectivity index (χ0) is 23.6. The molecular weight excluding hydrogens is 451 g/mol. The maximum absolute atomic E-state index is 13.0. The molecule has 1 unspecified atom stereocenters. The number of hydrogen-bond donors (Lipinski definition) is 2. The largest absolute Gasteiger partial charge is 0.406 e. The summed E-state index contributed by atoms with van der Waals surface area (Å²) in [5, 5.41) is 10.0. The Kier molecular flexibility index (Phi) is 4.41. The molecular formula is C22H18F3N7O2. The second-order valence-electron chi connectivity index (χ2n) is 8.65. The highest BCUT2D eigenvalue weighted by Crippen LogP contribution is 2.55. The molecule has 1 saturated carbocycles. The Hall–Kier alpha value is -3.96. The number of imidazole rings is 1. The molecule has 2 fully saturated rings. The van der Waals surface area contributed by atoms with Gasteiger partial charge in [-0.2, -0.15) is 18.3 Å². The maximum atomic E-state index is 13.0. The molecule has 1 aliphatic heterocycles. The van der Waals surface area contributed by atoms with E-state index >= 15 is 0 Å². The second-order valence-corrected chi connectivity index (χ2v) is 8.65. The zero-order valence-corrected chi connectivity index (χ0v) is 17.6. The van der Waals surface area contributed by atoms with Crippen molar-refractivity contribution in [1.29, 1.82) is 0 Å². The number of carbonyl (C=O) groups excluding carboxylic acids is 2. The van der Waals surface area contributed by atoms with Crippen LogP contribution in [0.15, 0.2) is 43.0 Å². The van der Waals surface area contributed by atoms with E-state index in [-0.39, 0.29) is 18.4 Å². The van der Waals surface area contributed by atoms with Gasteiger partial charge in [-0.05, 0) is 30.5 Å². The summed E-state index contributed by atoms with van der Waals surface area (Å²) in [6.45, 7) is -0.920. The van der Waals surface area contributed by atoms with Crippen molar-refractivity contribution in [1.82, 2.24) is 34.8 Å². The fourth-order valence-corrected chi connectivity index (χ4v) is 4.67. The summed E-state index contributed by atoms with van der Waals surface area (Å²) in [6.07, 6.45) is 2.76. The summed E-state index contributed by atoms with van der Waals surface area (Å²) < 4.78 is 41.7. The first-order valence-corrected chi connectivity index (χ1v) is 10.7. The van der Waals surface area contributed by atoms with E-state index < -0.39 is 30.6 Å². The lowest BCUT2D eigenvalue weighted by Gasteiger charge is -2.22. The van der Waals surface area contributed by atoms with Crippen LogP contribution in [-0.2, 0) is 11.3 Å². The third-order valence-corrected chi connectivity index (χ3v) is 6.38. The fourth-order valence-electron chi connectivity index (χ4n) is 4.67. The Labute approximate surface area is 190 Å². The smallest absolute Gasteiger partial charge is 0.338 e. The molecule has 3 atom stereocenters. The summed E-state index contributed by atoms with van der Waals surface area (Å²) in [4.78, 5) is 32.7. The summed E-state index contributed by atoms with van der Waals surface area (Å²) in [7, 11) is 0.